The minimum atomic E-state index is -1.07. The molecule has 0 radical (unpaired) electrons. The molecule has 0 saturated carbocycles. The molecule has 7 heteroatoms. The Kier molecular flexibility index (Phi) is 5.43. The minimum Gasteiger partial charge on any atom is -0.338 e. The number of aromatic amines is 1. The molecule has 2 N–H and O–H groups in total. The normalized spacial score (nSPS) is 22.5. The van der Waals surface area contributed by atoms with Gasteiger partial charge in [-0.15, -0.1) is 0 Å². The highest BCUT2D eigenvalue weighted by atomic mass is 19.1. The van der Waals surface area contributed by atoms with E-state index >= 15 is 0 Å². The van der Waals surface area contributed by atoms with E-state index in [0.717, 1.165) is 43.0 Å². The van der Waals surface area contributed by atoms with E-state index in [4.69, 9.17) is 0 Å². The molecule has 3 heterocycles. The average molecular weight is 449 g/mol. The lowest BCUT2D eigenvalue weighted by Gasteiger charge is -2.43. The number of halogens is 1. The largest absolute Gasteiger partial charge is 0.338 e. The standard InChI is InChI=1S/C26H29FN4O2/c1-26(2,29-24(32)18-4-3-5-20(27)14-18)25(33)31-21-7-8-22(31)13-17(12-21)10-16-6-9-23-19(11-16)15-28-30-23/h3-6,9,11,14-15,17,21-22H,7-8,10,12-13H2,1-2H3,(H,28,30)(H,29,32)/t21-,22-/m0/s1. The van der Waals surface area contributed by atoms with Crippen molar-refractivity contribution in [3.63, 3.8) is 0 Å². The third-order valence-electron chi connectivity index (χ3n) is 7.14. The molecule has 3 aromatic rings. The maximum absolute atomic E-state index is 13.5. The molecule has 2 amide bonds. The molecule has 0 spiro atoms. The highest BCUT2D eigenvalue weighted by Gasteiger charge is 2.47. The summed E-state index contributed by atoms with van der Waals surface area (Å²) >= 11 is 0. The molecule has 33 heavy (non-hydrogen) atoms. The number of nitrogens with zero attached hydrogens (tertiary/aromatic N) is 2. The van der Waals surface area contributed by atoms with E-state index in [9.17, 15) is 14.0 Å². The van der Waals surface area contributed by atoms with Crippen LogP contribution in [0.25, 0.3) is 10.9 Å². The van der Waals surface area contributed by atoms with Crippen LogP contribution in [0.3, 0.4) is 0 Å². The molecule has 2 aliphatic rings. The van der Waals surface area contributed by atoms with Gasteiger partial charge in [0.25, 0.3) is 5.91 Å². The quantitative estimate of drug-likeness (QED) is 0.613. The molecule has 6 nitrogen and oxygen atoms in total. The molecule has 172 valence electrons. The fourth-order valence-corrected chi connectivity index (χ4v) is 5.60. The Morgan fingerprint density at radius 2 is 1.91 bits per heavy atom. The number of hydrogen-bond donors (Lipinski definition) is 2. The van der Waals surface area contributed by atoms with Gasteiger partial charge in [0.15, 0.2) is 0 Å². The summed E-state index contributed by atoms with van der Waals surface area (Å²) < 4.78 is 13.5. The molecule has 2 aliphatic heterocycles. The van der Waals surface area contributed by atoms with Gasteiger partial charge in [0, 0.05) is 23.0 Å². The lowest BCUT2D eigenvalue weighted by atomic mass is 9.84. The van der Waals surface area contributed by atoms with E-state index in [1.54, 1.807) is 19.9 Å². The van der Waals surface area contributed by atoms with Gasteiger partial charge in [-0.3, -0.25) is 14.7 Å². The molecular weight excluding hydrogens is 419 g/mol. The summed E-state index contributed by atoms with van der Waals surface area (Å²) in [6, 6.07) is 12.4. The first-order valence-electron chi connectivity index (χ1n) is 11.6. The zero-order chi connectivity index (χ0) is 23.2. The highest BCUT2D eigenvalue weighted by molar-refractivity contribution is 5.99. The third-order valence-corrected chi connectivity index (χ3v) is 7.14. The molecule has 2 atom stereocenters. The van der Waals surface area contributed by atoms with E-state index in [1.165, 1.54) is 23.8 Å². The molecule has 0 aliphatic carbocycles. The summed E-state index contributed by atoms with van der Waals surface area (Å²) in [5, 5.41) is 11.0. The lowest BCUT2D eigenvalue weighted by Crippen LogP contribution is -2.60. The maximum Gasteiger partial charge on any atom is 0.252 e. The van der Waals surface area contributed by atoms with Gasteiger partial charge in [-0.05, 0) is 87.8 Å². The van der Waals surface area contributed by atoms with Gasteiger partial charge in [-0.2, -0.15) is 5.10 Å². The van der Waals surface area contributed by atoms with E-state index < -0.39 is 17.3 Å². The van der Waals surface area contributed by atoms with Crippen molar-refractivity contribution < 1.29 is 14.0 Å². The molecule has 2 aromatic carbocycles. The predicted molar refractivity (Wildman–Crippen MR) is 124 cm³/mol. The number of hydrogen-bond acceptors (Lipinski definition) is 3. The number of H-pyrrole nitrogens is 1. The third kappa shape index (κ3) is 4.24. The summed E-state index contributed by atoms with van der Waals surface area (Å²) in [5.41, 5.74) is 1.49. The van der Waals surface area contributed by atoms with Crippen LogP contribution in [0.5, 0.6) is 0 Å². The molecule has 0 unspecified atom stereocenters. The summed E-state index contributed by atoms with van der Waals surface area (Å²) in [6.45, 7) is 3.47. The maximum atomic E-state index is 13.5. The van der Waals surface area contributed by atoms with Crippen LogP contribution in [-0.4, -0.2) is 44.5 Å². The molecule has 5 rings (SSSR count). The number of fused-ring (bicyclic) bond motifs is 3. The van der Waals surface area contributed by atoms with E-state index in [-0.39, 0.29) is 23.6 Å². The van der Waals surface area contributed by atoms with Crippen molar-refractivity contribution in [1.29, 1.82) is 0 Å². The van der Waals surface area contributed by atoms with Gasteiger partial charge in [-0.25, -0.2) is 4.39 Å². The number of amides is 2. The number of carbonyl (C=O) groups excluding carboxylic acids is 2. The first-order chi connectivity index (χ1) is 15.8. The molecule has 2 saturated heterocycles. The highest BCUT2D eigenvalue weighted by Crippen LogP contribution is 2.41. The number of benzene rings is 2. The van der Waals surface area contributed by atoms with Gasteiger partial charge < -0.3 is 10.2 Å². The van der Waals surface area contributed by atoms with Gasteiger partial charge in [0.2, 0.25) is 5.91 Å². The minimum absolute atomic E-state index is 0.0574. The average Bonchev–Trinajstić information content (AvgIpc) is 3.34. The van der Waals surface area contributed by atoms with Crippen LogP contribution in [0.15, 0.2) is 48.7 Å². The predicted octanol–water partition coefficient (Wildman–Crippen LogP) is 4.22. The van der Waals surface area contributed by atoms with Crippen LogP contribution in [-0.2, 0) is 11.2 Å². The zero-order valence-corrected chi connectivity index (χ0v) is 19.0. The fraction of sp³-hybridized carbons (Fsp3) is 0.423. The second kappa shape index (κ2) is 8.28. The van der Waals surface area contributed by atoms with Crippen LogP contribution in [0.1, 0.15) is 55.5 Å². The second-order valence-electron chi connectivity index (χ2n) is 10.0. The SMILES string of the molecule is CC(C)(NC(=O)c1cccc(F)c1)C(=O)N1[C@H]2CC[C@H]1CC(Cc1ccc3[nH]ncc3c1)C2. The van der Waals surface area contributed by atoms with Crippen molar-refractivity contribution >= 4 is 22.7 Å². The smallest absolute Gasteiger partial charge is 0.252 e. The topological polar surface area (TPSA) is 78.1 Å². The number of rotatable bonds is 5. The first-order valence-corrected chi connectivity index (χ1v) is 11.6. The Labute approximate surface area is 192 Å². The van der Waals surface area contributed by atoms with Crippen molar-refractivity contribution in [2.24, 2.45) is 5.92 Å². The first kappa shape index (κ1) is 21.6. The van der Waals surface area contributed by atoms with Crippen LogP contribution in [0, 0.1) is 11.7 Å². The van der Waals surface area contributed by atoms with Crippen molar-refractivity contribution in [1.82, 2.24) is 20.4 Å². The Morgan fingerprint density at radius 3 is 2.64 bits per heavy atom. The van der Waals surface area contributed by atoms with E-state index in [1.807, 2.05) is 11.1 Å². The fourth-order valence-electron chi connectivity index (χ4n) is 5.60. The number of nitrogens with one attached hydrogen (secondary N) is 2. The molecule has 1 aromatic heterocycles. The lowest BCUT2D eigenvalue weighted by molar-refractivity contribution is -0.142. The number of piperidine rings is 1. The summed E-state index contributed by atoms with van der Waals surface area (Å²) in [6.07, 6.45) is 6.79. The summed E-state index contributed by atoms with van der Waals surface area (Å²) in [4.78, 5) is 28.2. The van der Waals surface area contributed by atoms with E-state index in [0.29, 0.717) is 5.92 Å². The molecule has 2 fully saturated rings. The van der Waals surface area contributed by atoms with Gasteiger partial charge in [-0.1, -0.05) is 12.1 Å². The Bertz CT molecular complexity index is 1190. The Hall–Kier alpha value is -3.22. The van der Waals surface area contributed by atoms with Crippen molar-refractivity contribution in [2.45, 2.75) is 63.6 Å². The Morgan fingerprint density at radius 1 is 1.15 bits per heavy atom. The second-order valence-corrected chi connectivity index (χ2v) is 10.0. The van der Waals surface area contributed by atoms with Crippen molar-refractivity contribution in [2.75, 3.05) is 0 Å². The van der Waals surface area contributed by atoms with E-state index in [2.05, 4.69) is 33.7 Å². The van der Waals surface area contributed by atoms with Gasteiger partial charge in [0.05, 0.1) is 11.7 Å². The van der Waals surface area contributed by atoms with Crippen molar-refractivity contribution in [3.05, 3.63) is 65.6 Å². The van der Waals surface area contributed by atoms with Crippen LogP contribution in [0.2, 0.25) is 0 Å². The number of aromatic nitrogens is 2. The van der Waals surface area contributed by atoms with Crippen LogP contribution in [0.4, 0.5) is 4.39 Å². The molecular formula is C26H29FN4O2. The summed E-state index contributed by atoms with van der Waals surface area (Å²) in [7, 11) is 0. The van der Waals surface area contributed by atoms with Gasteiger partial charge >= 0.3 is 0 Å². The molecule has 2 bridgehead atoms. The van der Waals surface area contributed by atoms with Crippen molar-refractivity contribution in [3.8, 4) is 0 Å². The Balaban J connectivity index is 1.25. The summed E-state index contributed by atoms with van der Waals surface area (Å²) in [5.74, 6) is -0.442. The number of carbonyl (C=O) groups is 2. The van der Waals surface area contributed by atoms with Crippen LogP contribution < -0.4 is 5.32 Å². The van der Waals surface area contributed by atoms with Crippen LogP contribution >= 0.6 is 0 Å². The monoisotopic (exact) mass is 448 g/mol. The van der Waals surface area contributed by atoms with Gasteiger partial charge in [0.1, 0.15) is 11.4 Å². The zero-order valence-electron chi connectivity index (χ0n) is 19.0.